The largest absolute Gasteiger partial charge is 0.497 e. The maximum Gasteiger partial charge on any atom is 0.497 e. The molecule has 0 aliphatic carbocycles. The van der Waals surface area contributed by atoms with E-state index in [0.717, 1.165) is 34.4 Å². The molecule has 14 aromatic rings. The van der Waals surface area contributed by atoms with Crippen LogP contribution in [-0.2, 0) is 37.2 Å². The monoisotopic (exact) mass is 2280 g/mol. The summed E-state index contributed by atoms with van der Waals surface area (Å²) in [5.41, 5.74) is 2.96. The maximum atomic E-state index is 15.2. The minimum atomic E-state index is -0.687. The molecule has 2 aromatic heterocycles. The van der Waals surface area contributed by atoms with Gasteiger partial charge >= 0.3 is 28.3 Å². The highest BCUT2D eigenvalue weighted by Crippen LogP contribution is 2.45. The standard InChI is InChI=1S/C28H16F2N4.C19H18BF2NO2.C15H10ClN3.C13H6ClF2N.C12H24B2O4.C12H15BClFO2.C7H3BrFN.CH4.2HI/c1-31-21-13-15-24(29)23(17-21)22-14-12-20(16-25(22)30)28-33-26(18-8-4-2-5-9-18)32-27(34-28)19-10-6-3-7-11-19;1-18(2)19(3,4)25-20(24-18)12-6-8-14(17(22)10-12)15-11-13(23-5)7-9-16(15)21;16-15-18-13(11-7-3-1-4-8-11)17-14(19-15)12-9-5-2-6-10-12;1-17-9-3-5-12(15)11(7-9)10-4-2-8(14)6-13(10)16;1-9(2)10(3,4)16-13(15-9)14-17-11(5,6)12(7,8)18-14;1-11(2)12(3,4)17-13(16-11)9-6-5-8(14)7-10(9)15;1-10-5-2-3-7(9)6(8)4-5;;;/h2-17H;6-11H,1-4H3;1-10H;2-7H;1-8H3;5-7H,1-4H3;2-4H;1H4;2*1H. The molecular weight excluding hydrogens is 2190 g/mol. The molecule has 12 aromatic carbocycles. The van der Waals surface area contributed by atoms with Gasteiger partial charge in [-0.1, -0.05) is 207 Å². The van der Waals surface area contributed by atoms with Crippen molar-refractivity contribution in [3.8, 4) is 90.3 Å². The van der Waals surface area contributed by atoms with Crippen molar-refractivity contribution in [1.82, 2.24) is 29.9 Å². The summed E-state index contributed by atoms with van der Waals surface area (Å²) in [6.45, 7) is 59.2. The van der Waals surface area contributed by atoms with Crippen LogP contribution in [0.15, 0.2) is 271 Å². The summed E-state index contributed by atoms with van der Waals surface area (Å²) in [7, 11) is -2.32. The van der Waals surface area contributed by atoms with Gasteiger partial charge in [0.25, 0.3) is 0 Å². The second-order valence-electron chi connectivity index (χ2n) is 36.2. The van der Waals surface area contributed by atoms with Crippen molar-refractivity contribution in [2.45, 2.75) is 163 Å². The van der Waals surface area contributed by atoms with Gasteiger partial charge in [-0.25, -0.2) is 74.4 Å². The Balaban J connectivity index is 0.000000190. The van der Waals surface area contributed by atoms with Crippen molar-refractivity contribution in [3.05, 3.63) is 379 Å². The lowest BCUT2D eigenvalue weighted by atomic mass is 9.49. The summed E-state index contributed by atoms with van der Waals surface area (Å²) in [6, 6.07) is 71.4. The van der Waals surface area contributed by atoms with E-state index in [2.05, 4.69) is 65.2 Å². The van der Waals surface area contributed by atoms with Crippen molar-refractivity contribution in [2.75, 3.05) is 0 Å². The van der Waals surface area contributed by atoms with Crippen molar-refractivity contribution in [3.63, 3.8) is 0 Å². The third-order valence-corrected chi connectivity index (χ3v) is 25.7. The molecule has 0 atom stereocenters. The Morgan fingerprint density at radius 3 is 0.853 bits per heavy atom. The summed E-state index contributed by atoms with van der Waals surface area (Å²) >= 11 is 20.3. The average Bonchev–Trinajstić information content (AvgIpc) is 1.59. The van der Waals surface area contributed by atoms with Crippen molar-refractivity contribution < 1.29 is 72.4 Å². The fourth-order valence-corrected chi connectivity index (χ4v) is 14.6. The Labute approximate surface area is 887 Å². The number of aromatic nitrogens is 6. The first-order valence-electron chi connectivity index (χ1n) is 43.7. The van der Waals surface area contributed by atoms with E-state index in [-0.39, 0.29) is 144 Å². The first kappa shape index (κ1) is 115. The SMILES string of the molecule is C.CC1(C)OB(B2OC(C)(C)C(C)(C)O2)OC1(C)C.CC1(C)OB(c2ccc(Cl)cc2F)OC1(C)C.Clc1nc(-c2ccccc2)nc(-c2ccccc2)n1.I.I.[C-]#[N+]c1ccc(F)c(-c2ccc(-c3nc(-c4ccccc4)nc(-c4ccccc4)n3)cc2F)c1.[C-]#[N+]c1ccc(F)c(-c2ccc(B3OC(C)(C)C(C)(C)O3)cc2F)c1.[C-]#[N+]c1ccc(F)c(-c2ccc(Cl)cc2F)c1.[C-]#[N+]c1ccc(F)c(Br)c1. The number of nitrogens with zero attached hydrogens (tertiary/aromatic N) is 10. The van der Waals surface area contributed by atoms with Gasteiger partial charge in [0.2, 0.25) is 5.28 Å². The molecule has 18 rings (SSSR count). The summed E-state index contributed by atoms with van der Waals surface area (Å²) in [5, 5.41) is 0.809. The summed E-state index contributed by atoms with van der Waals surface area (Å²) < 4.78 is 159. The van der Waals surface area contributed by atoms with Crippen LogP contribution in [0.4, 0.5) is 57.9 Å². The van der Waals surface area contributed by atoms with Crippen molar-refractivity contribution in [1.29, 1.82) is 0 Å². The molecule has 0 spiro atoms. The van der Waals surface area contributed by atoms with Gasteiger partial charge in [0.1, 0.15) is 46.5 Å². The number of halogens is 14. The molecule has 18 nitrogen and oxygen atoms in total. The van der Waals surface area contributed by atoms with Crippen LogP contribution in [0.2, 0.25) is 15.3 Å². The third-order valence-electron chi connectivity index (χ3n) is 24.4. The van der Waals surface area contributed by atoms with Gasteiger partial charge < -0.3 is 37.2 Å². The Bertz CT molecular complexity index is 6840. The van der Waals surface area contributed by atoms with Crippen LogP contribution in [0.1, 0.15) is 118 Å². The first-order chi connectivity index (χ1) is 66.0. The van der Waals surface area contributed by atoms with Gasteiger partial charge in [0, 0.05) is 81.2 Å². The molecule has 6 heterocycles. The minimum Gasteiger partial charge on any atom is -0.405 e. The van der Waals surface area contributed by atoms with E-state index in [0.29, 0.717) is 60.8 Å². The van der Waals surface area contributed by atoms with E-state index in [1.807, 2.05) is 232 Å². The van der Waals surface area contributed by atoms with Crippen LogP contribution < -0.4 is 10.9 Å². The van der Waals surface area contributed by atoms with E-state index < -0.39 is 91.4 Å². The van der Waals surface area contributed by atoms with Crippen LogP contribution in [0.25, 0.3) is 110 Å². The second kappa shape index (κ2) is 48.7. The summed E-state index contributed by atoms with van der Waals surface area (Å²) in [4.78, 5) is 39.5. The average molecular weight is 2290 g/mol. The molecule has 36 heteroatoms. The molecule has 4 aliphatic heterocycles. The van der Waals surface area contributed by atoms with E-state index in [1.54, 1.807) is 24.3 Å². The molecule has 0 radical (unpaired) electrons. The molecule has 0 bridgehead atoms. The fourth-order valence-electron chi connectivity index (χ4n) is 13.8. The molecule has 143 heavy (non-hydrogen) atoms. The lowest BCUT2D eigenvalue weighted by Gasteiger charge is -2.32. The summed E-state index contributed by atoms with van der Waals surface area (Å²) in [5.74, 6) is -1.94. The molecule has 0 N–H and O–H groups in total. The molecule has 0 unspecified atom stereocenters. The quantitative estimate of drug-likeness (QED) is 0.0519. The van der Waals surface area contributed by atoms with Gasteiger partial charge in [-0.3, -0.25) is 0 Å². The molecule has 734 valence electrons. The number of hydrogen-bond acceptors (Lipinski definition) is 14. The topological polar surface area (TPSA) is 169 Å². The smallest absolute Gasteiger partial charge is 0.405 e. The molecule has 4 saturated heterocycles. The lowest BCUT2D eigenvalue weighted by Crippen LogP contribution is -2.41. The Morgan fingerprint density at radius 2 is 0.538 bits per heavy atom. The third kappa shape index (κ3) is 28.3. The van der Waals surface area contributed by atoms with Crippen molar-refractivity contribution >= 4 is 161 Å². The predicted molar refractivity (Wildman–Crippen MR) is 578 cm³/mol. The first-order valence-corrected chi connectivity index (χ1v) is 45.6. The van der Waals surface area contributed by atoms with Crippen LogP contribution in [0.5, 0.6) is 0 Å². The fraction of sp³-hybridized carbons (Fsp3) is 0.234. The lowest BCUT2D eigenvalue weighted by molar-refractivity contribution is 0.00578. The normalized spacial score (nSPS) is 15.5. The van der Waals surface area contributed by atoms with Gasteiger partial charge in [0.05, 0.1) is 71.1 Å². The molecule has 0 amide bonds. The van der Waals surface area contributed by atoms with Crippen LogP contribution in [0.3, 0.4) is 0 Å². The number of rotatable bonds is 11. The molecule has 4 fully saturated rings. The van der Waals surface area contributed by atoms with Gasteiger partial charge in [-0.15, -0.1) is 48.0 Å². The highest BCUT2D eigenvalue weighted by atomic mass is 127. The zero-order chi connectivity index (χ0) is 102. The maximum absolute atomic E-state index is 15.2. The highest BCUT2D eigenvalue weighted by Gasteiger charge is 2.64. The predicted octanol–water partition coefficient (Wildman–Crippen LogP) is 30.6. The van der Waals surface area contributed by atoms with E-state index in [9.17, 15) is 30.7 Å². The van der Waals surface area contributed by atoms with Crippen LogP contribution >= 0.6 is 98.7 Å². The molecular formula is C107H98B4BrCl3F8I2N10O8. The Morgan fingerprint density at radius 1 is 0.266 bits per heavy atom. The highest BCUT2D eigenvalue weighted by molar-refractivity contribution is 14.0. The van der Waals surface area contributed by atoms with E-state index in [4.69, 9.17) is 98.3 Å². The number of hydrogen-bond donors (Lipinski definition) is 0. The number of benzene rings is 12. The van der Waals surface area contributed by atoms with Gasteiger partial charge in [-0.2, -0.15) is 9.97 Å². The van der Waals surface area contributed by atoms with Gasteiger partial charge in [0.15, 0.2) is 51.9 Å². The van der Waals surface area contributed by atoms with Gasteiger partial charge in [-0.05, 0) is 235 Å². The summed E-state index contributed by atoms with van der Waals surface area (Å²) in [6.07, 6.45) is 0. The Hall–Kier alpha value is -11.2. The van der Waals surface area contributed by atoms with Crippen molar-refractivity contribution in [2.24, 2.45) is 0 Å². The zero-order valence-electron chi connectivity index (χ0n) is 79.8. The van der Waals surface area contributed by atoms with E-state index in [1.165, 1.54) is 109 Å². The van der Waals surface area contributed by atoms with Crippen LogP contribution in [0, 0.1) is 72.8 Å². The minimum absolute atomic E-state index is 0. The zero-order valence-corrected chi connectivity index (χ0v) is 88.3. The molecule has 0 saturated carbocycles. The van der Waals surface area contributed by atoms with E-state index >= 15 is 4.39 Å². The Kier molecular flexibility index (Phi) is 39.3. The molecule has 4 aliphatic rings. The van der Waals surface area contributed by atoms with Crippen LogP contribution in [-0.4, -0.2) is 103 Å². The second-order valence-corrected chi connectivity index (χ2v) is 38.3.